The Hall–Kier alpha value is -0.360. The van der Waals surface area contributed by atoms with E-state index < -0.39 is 10.0 Å². The summed E-state index contributed by atoms with van der Waals surface area (Å²) in [4.78, 5) is 3.83. The number of hydrogen-bond acceptors (Lipinski definition) is 3. The van der Waals surface area contributed by atoms with Crippen LogP contribution in [0.1, 0.15) is 39.0 Å². The molecule has 1 aromatic rings. The molecule has 20 heavy (non-hydrogen) atoms. The second-order valence-corrected chi connectivity index (χ2v) is 7.73. The van der Waals surface area contributed by atoms with Crippen LogP contribution in [-0.2, 0) is 10.0 Å². The quantitative estimate of drug-likeness (QED) is 0.854. The van der Waals surface area contributed by atoms with Gasteiger partial charge in [-0.05, 0) is 31.7 Å². The summed E-state index contributed by atoms with van der Waals surface area (Å²) in [6.07, 6.45) is 6.96. The molecule has 112 valence electrons. The van der Waals surface area contributed by atoms with Gasteiger partial charge < -0.3 is 0 Å². The van der Waals surface area contributed by atoms with Crippen molar-refractivity contribution >= 4 is 33.2 Å². The maximum absolute atomic E-state index is 12.3. The molecule has 1 unspecified atom stereocenters. The lowest BCUT2D eigenvalue weighted by molar-refractivity contribution is 0.303. The number of hydrogen-bond donors (Lipinski definition) is 1. The average molecular weight is 337 g/mol. The average Bonchev–Trinajstić information content (AvgIpc) is 2.42. The van der Waals surface area contributed by atoms with Gasteiger partial charge in [0.05, 0.1) is 5.02 Å². The number of aromatic nitrogens is 1. The summed E-state index contributed by atoms with van der Waals surface area (Å²) in [5.41, 5.74) is 0. The highest BCUT2D eigenvalue weighted by Crippen LogP contribution is 2.27. The lowest BCUT2D eigenvalue weighted by atomic mass is 9.85. The van der Waals surface area contributed by atoms with E-state index in [1.807, 2.05) is 6.92 Å². The summed E-state index contributed by atoms with van der Waals surface area (Å²) in [6.45, 7) is 1.92. The van der Waals surface area contributed by atoms with Crippen molar-refractivity contribution in [1.29, 1.82) is 0 Å². The molecule has 1 heterocycles. The van der Waals surface area contributed by atoms with Crippen molar-refractivity contribution in [2.24, 2.45) is 5.92 Å². The molecule has 1 fully saturated rings. The molecule has 2 rings (SSSR count). The Morgan fingerprint density at radius 3 is 2.55 bits per heavy atom. The molecule has 1 aliphatic carbocycles. The minimum atomic E-state index is -3.60. The molecule has 0 radical (unpaired) electrons. The smallest absolute Gasteiger partial charge is 0.242 e. The van der Waals surface area contributed by atoms with Crippen molar-refractivity contribution in [2.75, 3.05) is 0 Å². The number of nitrogens with zero attached hydrogens (tertiary/aromatic N) is 1. The fourth-order valence-corrected chi connectivity index (χ4v) is 4.21. The largest absolute Gasteiger partial charge is 0.242 e. The maximum atomic E-state index is 12.3. The van der Waals surface area contributed by atoms with E-state index in [2.05, 4.69) is 9.71 Å². The first-order valence-electron chi connectivity index (χ1n) is 6.73. The van der Waals surface area contributed by atoms with Crippen molar-refractivity contribution in [3.63, 3.8) is 0 Å². The van der Waals surface area contributed by atoms with Gasteiger partial charge in [-0.3, -0.25) is 0 Å². The van der Waals surface area contributed by atoms with Crippen LogP contribution >= 0.6 is 23.2 Å². The summed E-state index contributed by atoms with van der Waals surface area (Å²) in [6, 6.07) is 1.24. The highest BCUT2D eigenvalue weighted by molar-refractivity contribution is 7.89. The third-order valence-electron chi connectivity index (χ3n) is 3.78. The third kappa shape index (κ3) is 3.85. The molecule has 0 aromatic carbocycles. The van der Waals surface area contributed by atoms with Crippen LogP contribution in [0.3, 0.4) is 0 Å². The van der Waals surface area contributed by atoms with Gasteiger partial charge in [-0.1, -0.05) is 42.5 Å². The monoisotopic (exact) mass is 336 g/mol. The molecule has 7 heteroatoms. The van der Waals surface area contributed by atoms with E-state index in [-0.39, 0.29) is 21.1 Å². The maximum Gasteiger partial charge on any atom is 0.242 e. The van der Waals surface area contributed by atoms with Gasteiger partial charge in [-0.25, -0.2) is 18.1 Å². The molecule has 1 N–H and O–H groups in total. The Balaban J connectivity index is 2.11. The van der Waals surface area contributed by atoms with E-state index in [9.17, 15) is 8.42 Å². The van der Waals surface area contributed by atoms with Crippen LogP contribution in [0.25, 0.3) is 0 Å². The van der Waals surface area contributed by atoms with Gasteiger partial charge in [-0.2, -0.15) is 0 Å². The molecule has 1 aliphatic rings. The predicted octanol–water partition coefficient (Wildman–Crippen LogP) is 3.64. The van der Waals surface area contributed by atoms with Crippen molar-refractivity contribution in [1.82, 2.24) is 9.71 Å². The Labute approximate surface area is 129 Å². The topological polar surface area (TPSA) is 59.1 Å². The standard InChI is InChI=1S/C13H18Cl2N2O2S/c1-9(10-5-3-2-4-6-10)17-20(18,19)11-7-12(14)13(15)16-8-11/h7-10,17H,2-6H2,1H3. The second kappa shape index (κ2) is 6.60. The highest BCUT2D eigenvalue weighted by atomic mass is 35.5. The Kier molecular flexibility index (Phi) is 5.29. The zero-order chi connectivity index (χ0) is 14.8. The summed E-state index contributed by atoms with van der Waals surface area (Å²) in [5, 5.41) is 0.241. The van der Waals surface area contributed by atoms with E-state index in [0.717, 1.165) is 12.8 Å². The molecule has 1 saturated carbocycles. The first-order valence-corrected chi connectivity index (χ1v) is 8.97. The van der Waals surface area contributed by atoms with Crippen molar-refractivity contribution in [2.45, 2.75) is 50.0 Å². The molecule has 1 aromatic heterocycles. The predicted molar refractivity (Wildman–Crippen MR) is 80.6 cm³/mol. The van der Waals surface area contributed by atoms with Gasteiger partial charge >= 0.3 is 0 Å². The van der Waals surface area contributed by atoms with Crippen LogP contribution in [0.2, 0.25) is 10.2 Å². The fraction of sp³-hybridized carbons (Fsp3) is 0.615. The fourth-order valence-electron chi connectivity index (χ4n) is 2.59. The van der Waals surface area contributed by atoms with E-state index in [1.54, 1.807) is 0 Å². The van der Waals surface area contributed by atoms with Gasteiger partial charge in [0.1, 0.15) is 10.0 Å². The van der Waals surface area contributed by atoms with Crippen molar-refractivity contribution in [3.8, 4) is 0 Å². The number of rotatable bonds is 4. The second-order valence-electron chi connectivity index (χ2n) is 5.25. The van der Waals surface area contributed by atoms with Crippen molar-refractivity contribution < 1.29 is 8.42 Å². The van der Waals surface area contributed by atoms with E-state index >= 15 is 0 Å². The van der Waals surface area contributed by atoms with Crippen LogP contribution in [-0.4, -0.2) is 19.4 Å². The highest BCUT2D eigenvalue weighted by Gasteiger charge is 2.25. The summed E-state index contributed by atoms with van der Waals surface area (Å²) in [5.74, 6) is 0.397. The molecule has 1 atom stereocenters. The summed E-state index contributed by atoms with van der Waals surface area (Å²) >= 11 is 11.5. The number of pyridine rings is 1. The number of sulfonamides is 1. The van der Waals surface area contributed by atoms with Gasteiger partial charge in [0, 0.05) is 12.2 Å². The summed E-state index contributed by atoms with van der Waals surface area (Å²) < 4.78 is 27.3. The lowest BCUT2D eigenvalue weighted by Gasteiger charge is -2.28. The SMILES string of the molecule is CC(NS(=O)(=O)c1cnc(Cl)c(Cl)c1)C1CCCCC1. The molecule has 0 aliphatic heterocycles. The minimum Gasteiger partial charge on any atom is -0.242 e. The summed E-state index contributed by atoms with van der Waals surface area (Å²) in [7, 11) is -3.60. The molecule has 0 spiro atoms. The normalized spacial score (nSPS) is 18.9. The Bertz CT molecular complexity index is 572. The first-order chi connectivity index (χ1) is 9.40. The van der Waals surface area contributed by atoms with Crippen molar-refractivity contribution in [3.05, 3.63) is 22.4 Å². The Morgan fingerprint density at radius 1 is 1.30 bits per heavy atom. The van der Waals surface area contributed by atoms with E-state index in [0.29, 0.717) is 5.92 Å². The zero-order valence-electron chi connectivity index (χ0n) is 11.3. The molecule has 0 bridgehead atoms. The van der Waals surface area contributed by atoms with Gasteiger partial charge in [0.25, 0.3) is 0 Å². The lowest BCUT2D eigenvalue weighted by Crippen LogP contribution is -2.38. The van der Waals surface area contributed by atoms with Gasteiger partial charge in [-0.15, -0.1) is 0 Å². The molecule has 0 amide bonds. The minimum absolute atomic E-state index is 0.0505. The van der Waals surface area contributed by atoms with Gasteiger partial charge in [0.15, 0.2) is 0 Å². The molecular weight excluding hydrogens is 319 g/mol. The molecule has 0 saturated heterocycles. The zero-order valence-corrected chi connectivity index (χ0v) is 13.6. The number of halogens is 2. The first kappa shape index (κ1) is 16.0. The third-order valence-corrected chi connectivity index (χ3v) is 5.99. The van der Waals surface area contributed by atoms with Crippen LogP contribution in [0.15, 0.2) is 17.2 Å². The van der Waals surface area contributed by atoms with E-state index in [4.69, 9.17) is 23.2 Å². The molecular formula is C13H18Cl2N2O2S. The number of nitrogens with one attached hydrogen (secondary N) is 1. The van der Waals surface area contributed by atoms with Gasteiger partial charge in [0.2, 0.25) is 10.0 Å². The van der Waals surface area contributed by atoms with Crippen LogP contribution in [0, 0.1) is 5.92 Å². The van der Waals surface area contributed by atoms with Crippen LogP contribution < -0.4 is 4.72 Å². The van der Waals surface area contributed by atoms with E-state index in [1.165, 1.54) is 31.5 Å². The van der Waals surface area contributed by atoms with Crippen LogP contribution in [0.5, 0.6) is 0 Å². The van der Waals surface area contributed by atoms with Crippen LogP contribution in [0.4, 0.5) is 0 Å². The molecule has 4 nitrogen and oxygen atoms in total. The Morgan fingerprint density at radius 2 is 1.95 bits per heavy atom.